The van der Waals surface area contributed by atoms with E-state index in [4.69, 9.17) is 9.47 Å². The second-order valence-electron chi connectivity index (χ2n) is 5.56. The fourth-order valence-electron chi connectivity index (χ4n) is 2.23. The minimum atomic E-state index is -0.357. The Labute approximate surface area is 163 Å². The summed E-state index contributed by atoms with van der Waals surface area (Å²) in [6.45, 7) is 3.63. The van der Waals surface area contributed by atoms with Crippen LogP contribution in [0.4, 0.5) is 0 Å². The van der Waals surface area contributed by atoms with E-state index < -0.39 is 0 Å². The third-order valence-electron chi connectivity index (χ3n) is 3.63. The summed E-state index contributed by atoms with van der Waals surface area (Å²) in [7, 11) is 1.56. The van der Waals surface area contributed by atoms with Crippen LogP contribution in [0.2, 0.25) is 0 Å². The van der Waals surface area contributed by atoms with Crippen molar-refractivity contribution in [1.29, 1.82) is 0 Å². The fourth-order valence-corrected chi connectivity index (χ4v) is 2.88. The van der Waals surface area contributed by atoms with Gasteiger partial charge in [0.2, 0.25) is 0 Å². The molecule has 0 unspecified atom stereocenters. The zero-order valence-electron chi connectivity index (χ0n) is 15.5. The molecule has 1 aromatic carbocycles. The first-order valence-electron chi connectivity index (χ1n) is 8.70. The van der Waals surface area contributed by atoms with Crippen molar-refractivity contribution in [3.63, 3.8) is 0 Å². The van der Waals surface area contributed by atoms with Gasteiger partial charge in [-0.2, -0.15) is 0 Å². The Morgan fingerprint density at radius 3 is 2.59 bits per heavy atom. The summed E-state index contributed by atoms with van der Waals surface area (Å²) in [6.07, 6.45) is 2.38. The highest BCUT2D eigenvalue weighted by Gasteiger charge is 2.14. The van der Waals surface area contributed by atoms with Crippen molar-refractivity contribution in [2.75, 3.05) is 26.9 Å². The third kappa shape index (κ3) is 6.88. The molecule has 2 amide bonds. The molecule has 0 saturated carbocycles. The average molecular weight is 388 g/mol. The Bertz CT molecular complexity index is 755. The average Bonchev–Trinajstić information content (AvgIpc) is 3.20. The van der Waals surface area contributed by atoms with Gasteiger partial charge in [0.1, 0.15) is 11.4 Å². The van der Waals surface area contributed by atoms with E-state index in [0.29, 0.717) is 37.5 Å². The van der Waals surface area contributed by atoms with Crippen LogP contribution in [0, 0.1) is 0 Å². The zero-order chi connectivity index (χ0) is 19.5. The van der Waals surface area contributed by atoms with Crippen molar-refractivity contribution in [2.45, 2.75) is 13.3 Å². The van der Waals surface area contributed by atoms with E-state index in [1.807, 2.05) is 24.4 Å². The number of thiophene rings is 1. The first-order valence-corrected chi connectivity index (χ1v) is 9.58. The number of carbonyl (C=O) groups excluding carboxylic acids is 2. The molecule has 0 fully saturated rings. The smallest absolute Gasteiger partial charge is 0.267 e. The van der Waals surface area contributed by atoms with Crippen LogP contribution < -0.4 is 15.4 Å². The fraction of sp³-hybridized carbons (Fsp3) is 0.300. The lowest BCUT2D eigenvalue weighted by atomic mass is 10.2. The zero-order valence-corrected chi connectivity index (χ0v) is 16.3. The van der Waals surface area contributed by atoms with E-state index >= 15 is 0 Å². The first kappa shape index (κ1) is 20.7. The molecule has 2 rings (SSSR count). The van der Waals surface area contributed by atoms with Gasteiger partial charge in [-0.15, -0.1) is 11.3 Å². The second kappa shape index (κ2) is 11.2. The molecule has 1 heterocycles. The van der Waals surface area contributed by atoms with Crippen LogP contribution in [0.25, 0.3) is 6.08 Å². The number of ether oxygens (including phenoxy) is 2. The Morgan fingerprint density at radius 1 is 1.19 bits per heavy atom. The Kier molecular flexibility index (Phi) is 8.54. The van der Waals surface area contributed by atoms with Crippen LogP contribution in [-0.2, 0) is 9.53 Å². The van der Waals surface area contributed by atoms with Gasteiger partial charge in [0.25, 0.3) is 11.8 Å². The van der Waals surface area contributed by atoms with Gasteiger partial charge in [-0.3, -0.25) is 9.59 Å². The van der Waals surface area contributed by atoms with Crippen LogP contribution in [0.1, 0.15) is 28.6 Å². The summed E-state index contributed by atoms with van der Waals surface area (Å²) in [5, 5.41) is 7.43. The van der Waals surface area contributed by atoms with Crippen molar-refractivity contribution in [1.82, 2.24) is 10.6 Å². The quantitative estimate of drug-likeness (QED) is 0.484. The van der Waals surface area contributed by atoms with E-state index in [1.165, 1.54) is 11.3 Å². The molecule has 0 saturated heterocycles. The summed E-state index contributed by atoms with van der Waals surface area (Å²) < 4.78 is 10.4. The highest BCUT2D eigenvalue weighted by Crippen LogP contribution is 2.14. The highest BCUT2D eigenvalue weighted by molar-refractivity contribution is 7.10. The van der Waals surface area contributed by atoms with Gasteiger partial charge in [0.15, 0.2) is 0 Å². The van der Waals surface area contributed by atoms with Crippen LogP contribution >= 0.6 is 11.3 Å². The van der Waals surface area contributed by atoms with Crippen molar-refractivity contribution < 1.29 is 19.1 Å². The summed E-state index contributed by atoms with van der Waals surface area (Å²) >= 11 is 1.49. The molecule has 1 aromatic heterocycles. The maximum atomic E-state index is 12.5. The van der Waals surface area contributed by atoms with Crippen LogP contribution in [0.15, 0.2) is 47.5 Å². The minimum absolute atomic E-state index is 0.203. The molecule has 0 radical (unpaired) electrons. The molecular weight excluding hydrogens is 364 g/mol. The van der Waals surface area contributed by atoms with Crippen LogP contribution in [0.5, 0.6) is 5.75 Å². The Hall–Kier alpha value is -2.64. The molecule has 0 aliphatic heterocycles. The number of nitrogens with one attached hydrogen (secondary N) is 2. The van der Waals surface area contributed by atoms with Gasteiger partial charge >= 0.3 is 0 Å². The number of carbonyl (C=O) groups is 2. The Balaban J connectivity index is 2.05. The lowest BCUT2D eigenvalue weighted by Crippen LogP contribution is -2.35. The molecular formula is C20H24N2O4S. The standard InChI is InChI=1S/C20H24N2O4S/c1-3-26-12-5-11-21-20(24)18(14-17-6-4-13-27-17)22-19(23)15-7-9-16(25-2)10-8-15/h4,6-10,13-14H,3,5,11-12H2,1-2H3,(H,21,24)(H,22,23)/b18-14-. The van der Waals surface area contributed by atoms with E-state index in [1.54, 1.807) is 37.5 Å². The van der Waals surface area contributed by atoms with E-state index in [-0.39, 0.29) is 17.5 Å². The monoisotopic (exact) mass is 388 g/mol. The molecule has 6 nitrogen and oxygen atoms in total. The van der Waals surface area contributed by atoms with Gasteiger partial charge in [0, 0.05) is 30.2 Å². The minimum Gasteiger partial charge on any atom is -0.497 e. The molecule has 0 atom stereocenters. The third-order valence-corrected chi connectivity index (χ3v) is 4.45. The topological polar surface area (TPSA) is 76.7 Å². The van der Waals surface area contributed by atoms with Gasteiger partial charge in [0.05, 0.1) is 7.11 Å². The molecule has 144 valence electrons. The number of methoxy groups -OCH3 is 1. The lowest BCUT2D eigenvalue weighted by Gasteiger charge is -2.11. The predicted octanol–water partition coefficient (Wildman–Crippen LogP) is 3.07. The SMILES string of the molecule is CCOCCCNC(=O)/C(=C/c1cccs1)NC(=O)c1ccc(OC)cc1. The maximum Gasteiger partial charge on any atom is 0.267 e. The normalized spacial score (nSPS) is 11.1. The van der Waals surface area contributed by atoms with Gasteiger partial charge in [-0.1, -0.05) is 6.07 Å². The van der Waals surface area contributed by atoms with Crippen molar-refractivity contribution >= 4 is 29.2 Å². The maximum absolute atomic E-state index is 12.5. The molecule has 27 heavy (non-hydrogen) atoms. The number of hydrogen-bond donors (Lipinski definition) is 2. The molecule has 0 spiro atoms. The second-order valence-corrected chi connectivity index (χ2v) is 6.54. The molecule has 2 N–H and O–H groups in total. The molecule has 0 aliphatic carbocycles. The van der Waals surface area contributed by atoms with Crippen LogP contribution in [-0.4, -0.2) is 38.7 Å². The molecule has 0 aliphatic rings. The molecule has 2 aromatic rings. The van der Waals surface area contributed by atoms with Crippen LogP contribution in [0.3, 0.4) is 0 Å². The van der Waals surface area contributed by atoms with E-state index in [2.05, 4.69) is 10.6 Å². The first-order chi connectivity index (χ1) is 13.1. The number of hydrogen-bond acceptors (Lipinski definition) is 5. The number of benzene rings is 1. The Morgan fingerprint density at radius 2 is 1.96 bits per heavy atom. The summed E-state index contributed by atoms with van der Waals surface area (Å²) in [4.78, 5) is 25.9. The van der Waals surface area contributed by atoms with Crippen molar-refractivity contribution in [2.24, 2.45) is 0 Å². The summed E-state index contributed by atoms with van der Waals surface area (Å²) in [5.41, 5.74) is 0.645. The van der Waals surface area contributed by atoms with Crippen molar-refractivity contribution in [3.05, 3.63) is 57.9 Å². The predicted molar refractivity (Wildman–Crippen MR) is 107 cm³/mol. The largest absolute Gasteiger partial charge is 0.497 e. The summed E-state index contributed by atoms with van der Waals surface area (Å²) in [6, 6.07) is 10.5. The van der Waals surface area contributed by atoms with E-state index in [0.717, 1.165) is 4.88 Å². The summed E-state index contributed by atoms with van der Waals surface area (Å²) in [5.74, 6) is -0.0281. The number of rotatable bonds is 10. The molecule has 7 heteroatoms. The lowest BCUT2D eigenvalue weighted by molar-refractivity contribution is -0.117. The number of amides is 2. The van der Waals surface area contributed by atoms with E-state index in [9.17, 15) is 9.59 Å². The van der Waals surface area contributed by atoms with Gasteiger partial charge in [-0.25, -0.2) is 0 Å². The highest BCUT2D eigenvalue weighted by atomic mass is 32.1. The van der Waals surface area contributed by atoms with Crippen molar-refractivity contribution in [3.8, 4) is 5.75 Å². The van der Waals surface area contributed by atoms with Gasteiger partial charge < -0.3 is 20.1 Å². The van der Waals surface area contributed by atoms with Gasteiger partial charge in [-0.05, 0) is 55.1 Å². The molecule has 0 bridgehead atoms.